The molecule has 0 bridgehead atoms. The Bertz CT molecular complexity index is 2850. The molecule has 0 amide bonds. The molecule has 3 nitrogen and oxygen atoms in total. The summed E-state index contributed by atoms with van der Waals surface area (Å²) in [6.45, 7) is 0. The average Bonchev–Trinajstić information content (AvgIpc) is 3.59. The van der Waals surface area contributed by atoms with Crippen LogP contribution in [0.5, 0.6) is 0 Å². The summed E-state index contributed by atoms with van der Waals surface area (Å²) in [7, 11) is 0. The molecule has 0 saturated heterocycles. The van der Waals surface area contributed by atoms with E-state index in [1.54, 1.807) is 0 Å². The number of rotatable bonds is 7. The third-order valence-corrected chi connectivity index (χ3v) is 10.5. The van der Waals surface area contributed by atoms with Crippen LogP contribution in [0.15, 0.2) is 212 Å². The van der Waals surface area contributed by atoms with Crippen molar-refractivity contribution in [2.24, 2.45) is 0 Å². The van der Waals surface area contributed by atoms with E-state index in [9.17, 15) is 0 Å². The van der Waals surface area contributed by atoms with Crippen molar-refractivity contribution in [2.75, 3.05) is 4.90 Å². The van der Waals surface area contributed by atoms with E-state index in [-0.39, 0.29) is 0 Å². The van der Waals surface area contributed by atoms with Crippen molar-refractivity contribution in [3.8, 4) is 39.1 Å². The number of para-hydroxylation sites is 1. The Kier molecular flexibility index (Phi) is 7.81. The second kappa shape index (κ2) is 13.4. The van der Waals surface area contributed by atoms with Crippen molar-refractivity contribution in [2.45, 2.75) is 0 Å². The second-order valence-electron chi connectivity index (χ2n) is 13.6. The molecule has 10 rings (SSSR count). The largest absolute Gasteiger partial charge is 0.311 e. The molecular weight excluding hydrogens is 655 g/mol. The van der Waals surface area contributed by atoms with Crippen LogP contribution in [0.3, 0.4) is 0 Å². The molecule has 2 heterocycles. The summed E-state index contributed by atoms with van der Waals surface area (Å²) < 4.78 is 2.27. The van der Waals surface area contributed by atoms with Gasteiger partial charge in [-0.2, -0.15) is 0 Å². The van der Waals surface area contributed by atoms with E-state index in [0.29, 0.717) is 0 Å². The molecule has 0 radical (unpaired) electrons. The van der Waals surface area contributed by atoms with Crippen LogP contribution in [-0.4, -0.2) is 9.55 Å². The van der Waals surface area contributed by atoms with Gasteiger partial charge in [-0.15, -0.1) is 0 Å². The second-order valence-corrected chi connectivity index (χ2v) is 13.6. The van der Waals surface area contributed by atoms with Gasteiger partial charge in [-0.05, 0) is 111 Å². The molecule has 254 valence electrons. The first-order valence-corrected chi connectivity index (χ1v) is 18.4. The van der Waals surface area contributed by atoms with Gasteiger partial charge in [0.15, 0.2) is 0 Å². The van der Waals surface area contributed by atoms with Gasteiger partial charge in [0.05, 0.1) is 5.52 Å². The number of benzene rings is 8. The molecule has 0 aliphatic carbocycles. The third-order valence-electron chi connectivity index (χ3n) is 10.5. The van der Waals surface area contributed by atoms with Gasteiger partial charge in [-0.1, -0.05) is 140 Å². The highest BCUT2D eigenvalue weighted by molar-refractivity contribution is 6.07. The Labute approximate surface area is 314 Å². The quantitative estimate of drug-likeness (QED) is 0.166. The van der Waals surface area contributed by atoms with E-state index < -0.39 is 0 Å². The average molecular weight is 690 g/mol. The van der Waals surface area contributed by atoms with Crippen molar-refractivity contribution in [3.63, 3.8) is 0 Å². The zero-order valence-electron chi connectivity index (χ0n) is 29.5. The number of pyridine rings is 1. The molecule has 0 aliphatic heterocycles. The van der Waals surface area contributed by atoms with E-state index in [0.717, 1.165) is 50.4 Å². The molecule has 3 heteroatoms. The van der Waals surface area contributed by atoms with Crippen molar-refractivity contribution < 1.29 is 0 Å². The van der Waals surface area contributed by atoms with Crippen molar-refractivity contribution in [1.82, 2.24) is 9.55 Å². The monoisotopic (exact) mass is 689 g/mol. The molecule has 0 N–H and O–H groups in total. The zero-order chi connectivity index (χ0) is 35.8. The lowest BCUT2D eigenvalue weighted by molar-refractivity contribution is 1.14. The van der Waals surface area contributed by atoms with Crippen LogP contribution >= 0.6 is 0 Å². The maximum Gasteiger partial charge on any atom is 0.145 e. The Morgan fingerprint density at radius 1 is 0.370 bits per heavy atom. The SMILES string of the molecule is c1ccc(-c2ccc(N(c3ccc(-c4cccc(-n5c6ccccc6c6cccnc65)c4)cc3)c3ccc(-c4cccc5ccccc45)cc3)cc2)cc1. The van der Waals surface area contributed by atoms with E-state index in [1.165, 1.54) is 38.4 Å². The first-order chi connectivity index (χ1) is 26.8. The smallest absolute Gasteiger partial charge is 0.145 e. The summed E-state index contributed by atoms with van der Waals surface area (Å²) in [5.74, 6) is 0. The lowest BCUT2D eigenvalue weighted by atomic mass is 9.98. The van der Waals surface area contributed by atoms with Crippen LogP contribution in [0.1, 0.15) is 0 Å². The lowest BCUT2D eigenvalue weighted by Crippen LogP contribution is -2.09. The highest BCUT2D eigenvalue weighted by atomic mass is 15.1. The van der Waals surface area contributed by atoms with E-state index >= 15 is 0 Å². The van der Waals surface area contributed by atoms with Gasteiger partial charge in [-0.3, -0.25) is 4.57 Å². The van der Waals surface area contributed by atoms with E-state index in [1.807, 2.05) is 12.3 Å². The molecule has 8 aromatic carbocycles. The number of anilines is 3. The van der Waals surface area contributed by atoms with Crippen molar-refractivity contribution in [1.29, 1.82) is 0 Å². The fourth-order valence-electron chi connectivity index (χ4n) is 7.83. The first-order valence-electron chi connectivity index (χ1n) is 18.4. The summed E-state index contributed by atoms with van der Waals surface area (Å²) in [5, 5.41) is 4.87. The minimum atomic E-state index is 0.964. The number of fused-ring (bicyclic) bond motifs is 4. The highest BCUT2D eigenvalue weighted by Crippen LogP contribution is 2.39. The summed E-state index contributed by atoms with van der Waals surface area (Å²) in [4.78, 5) is 7.14. The molecule has 0 unspecified atom stereocenters. The number of hydrogen-bond acceptors (Lipinski definition) is 2. The standard InChI is InChI=1S/C51H35N3/c1-2-11-36(12-3-1)37-22-28-42(29-23-37)53(44-32-26-40(27-33-44)47-19-9-14-39-13-4-5-17-46(39)47)43-30-24-38(25-31-43)41-15-8-16-45(35-41)54-50-21-7-6-18-48(50)49-20-10-34-52-51(49)54/h1-35H. The molecule has 0 atom stereocenters. The number of aromatic nitrogens is 2. The molecular formula is C51H35N3. The maximum absolute atomic E-state index is 4.80. The summed E-state index contributed by atoms with van der Waals surface area (Å²) in [6, 6.07) is 73.9. The molecule has 0 aliphatic rings. The fraction of sp³-hybridized carbons (Fsp3) is 0. The van der Waals surface area contributed by atoms with Crippen LogP contribution in [0.2, 0.25) is 0 Å². The maximum atomic E-state index is 4.80. The number of hydrogen-bond donors (Lipinski definition) is 0. The van der Waals surface area contributed by atoms with Gasteiger partial charge < -0.3 is 4.90 Å². The third kappa shape index (κ3) is 5.60. The fourth-order valence-corrected chi connectivity index (χ4v) is 7.83. The van der Waals surface area contributed by atoms with Crippen LogP contribution < -0.4 is 4.90 Å². The molecule has 0 fully saturated rings. The van der Waals surface area contributed by atoms with Crippen LogP contribution in [0, 0.1) is 0 Å². The Hall–Kier alpha value is -7.23. The van der Waals surface area contributed by atoms with Crippen molar-refractivity contribution in [3.05, 3.63) is 212 Å². The minimum Gasteiger partial charge on any atom is -0.311 e. The van der Waals surface area contributed by atoms with Gasteiger partial charge in [0, 0.05) is 39.7 Å². The Morgan fingerprint density at radius 3 is 1.65 bits per heavy atom. The molecule has 54 heavy (non-hydrogen) atoms. The predicted octanol–water partition coefficient (Wildman–Crippen LogP) is 13.8. The zero-order valence-corrected chi connectivity index (χ0v) is 29.5. The first kappa shape index (κ1) is 31.5. The summed E-state index contributed by atoms with van der Waals surface area (Å²) in [5.41, 5.74) is 13.6. The van der Waals surface area contributed by atoms with Crippen molar-refractivity contribution >= 4 is 49.8 Å². The topological polar surface area (TPSA) is 21.1 Å². The van der Waals surface area contributed by atoms with E-state index in [2.05, 4.69) is 210 Å². The summed E-state index contributed by atoms with van der Waals surface area (Å²) in [6.07, 6.45) is 1.87. The predicted molar refractivity (Wildman–Crippen MR) is 227 cm³/mol. The Morgan fingerprint density at radius 2 is 0.907 bits per heavy atom. The normalized spacial score (nSPS) is 11.3. The van der Waals surface area contributed by atoms with E-state index in [4.69, 9.17) is 4.98 Å². The molecule has 2 aromatic heterocycles. The lowest BCUT2D eigenvalue weighted by Gasteiger charge is -2.26. The van der Waals surface area contributed by atoms with Gasteiger partial charge in [-0.25, -0.2) is 4.98 Å². The Balaban J connectivity index is 1.03. The summed E-state index contributed by atoms with van der Waals surface area (Å²) >= 11 is 0. The van der Waals surface area contributed by atoms with Gasteiger partial charge >= 0.3 is 0 Å². The van der Waals surface area contributed by atoms with Crippen LogP contribution in [-0.2, 0) is 0 Å². The molecule has 0 spiro atoms. The minimum absolute atomic E-state index is 0.964. The number of nitrogens with zero attached hydrogens (tertiary/aromatic N) is 3. The van der Waals surface area contributed by atoms with Crippen LogP contribution in [0.4, 0.5) is 17.1 Å². The van der Waals surface area contributed by atoms with Gasteiger partial charge in [0.1, 0.15) is 5.65 Å². The van der Waals surface area contributed by atoms with Gasteiger partial charge in [0.25, 0.3) is 0 Å². The van der Waals surface area contributed by atoms with Gasteiger partial charge in [0.2, 0.25) is 0 Å². The van der Waals surface area contributed by atoms with Crippen LogP contribution in [0.25, 0.3) is 71.8 Å². The highest BCUT2D eigenvalue weighted by Gasteiger charge is 2.16. The molecule has 0 saturated carbocycles. The molecule has 10 aromatic rings.